The number of hydrogen-bond donors (Lipinski definition) is 0. The summed E-state index contributed by atoms with van der Waals surface area (Å²) in [5, 5.41) is 0. The number of hydrogen-bond acceptors (Lipinski definition) is 0. The SMILES string of the molecule is Fc1[c-]cc(C(F)(F)F)c(F)c1.[K+]. The van der Waals surface area contributed by atoms with Gasteiger partial charge < -0.3 is 0 Å². The molecule has 0 aromatic heterocycles. The van der Waals surface area contributed by atoms with Gasteiger partial charge in [-0.15, -0.1) is 6.07 Å². The summed E-state index contributed by atoms with van der Waals surface area (Å²) in [7, 11) is 0. The number of halogens is 5. The Labute approximate surface area is 114 Å². The molecule has 0 saturated heterocycles. The quantitative estimate of drug-likeness (QED) is 0.322. The maximum Gasteiger partial charge on any atom is 1.00 e. The van der Waals surface area contributed by atoms with Crippen LogP contribution >= 0.6 is 0 Å². The zero-order chi connectivity index (χ0) is 9.35. The summed E-state index contributed by atoms with van der Waals surface area (Å²) >= 11 is 0. The molecule has 0 fully saturated rings. The van der Waals surface area contributed by atoms with E-state index in [4.69, 9.17) is 0 Å². The first-order valence-electron chi connectivity index (χ1n) is 2.85. The minimum Gasteiger partial charge on any atom is -0.236 e. The molecule has 6 heteroatoms. The van der Waals surface area contributed by atoms with Crippen LogP contribution in [0.4, 0.5) is 22.0 Å². The minimum atomic E-state index is -4.80. The molecule has 0 nitrogen and oxygen atoms in total. The van der Waals surface area contributed by atoms with Crippen molar-refractivity contribution in [1.82, 2.24) is 0 Å². The topological polar surface area (TPSA) is 0 Å². The van der Waals surface area contributed by atoms with Crippen molar-refractivity contribution in [2.45, 2.75) is 6.18 Å². The molecule has 0 atom stereocenters. The molecule has 0 aliphatic rings. The van der Waals surface area contributed by atoms with Crippen LogP contribution in [-0.2, 0) is 6.18 Å². The molecule has 1 aromatic carbocycles. The van der Waals surface area contributed by atoms with Gasteiger partial charge in [-0.3, -0.25) is 0 Å². The molecule has 13 heavy (non-hydrogen) atoms. The monoisotopic (exact) mass is 220 g/mol. The Morgan fingerprint density at radius 3 is 2.08 bits per heavy atom. The van der Waals surface area contributed by atoms with E-state index in [1.807, 2.05) is 0 Å². The third kappa shape index (κ3) is 3.63. The van der Waals surface area contributed by atoms with Crippen molar-refractivity contribution in [1.29, 1.82) is 0 Å². The number of rotatable bonds is 0. The second kappa shape index (κ2) is 4.83. The van der Waals surface area contributed by atoms with Crippen LogP contribution in [0.15, 0.2) is 12.1 Å². The van der Waals surface area contributed by atoms with Crippen molar-refractivity contribution in [2.24, 2.45) is 0 Å². The van der Waals surface area contributed by atoms with Gasteiger partial charge in [0.15, 0.2) is 0 Å². The van der Waals surface area contributed by atoms with Gasteiger partial charge in [0.05, 0.1) is 0 Å². The van der Waals surface area contributed by atoms with Crippen LogP contribution in [0.5, 0.6) is 0 Å². The molecule has 1 aromatic rings. The van der Waals surface area contributed by atoms with Gasteiger partial charge in [-0.05, 0) is 5.56 Å². The van der Waals surface area contributed by atoms with Crippen molar-refractivity contribution in [2.75, 3.05) is 0 Å². The van der Waals surface area contributed by atoms with Crippen molar-refractivity contribution >= 4 is 0 Å². The van der Waals surface area contributed by atoms with Crippen LogP contribution in [0.1, 0.15) is 5.56 Å². The average Bonchev–Trinajstić information content (AvgIpc) is 1.83. The van der Waals surface area contributed by atoms with Crippen molar-refractivity contribution in [3.63, 3.8) is 0 Å². The van der Waals surface area contributed by atoms with E-state index < -0.39 is 23.4 Å². The Hall–Kier alpha value is 0.506. The molecule has 0 heterocycles. The molecule has 0 bridgehead atoms. The van der Waals surface area contributed by atoms with E-state index in [9.17, 15) is 22.0 Å². The predicted molar refractivity (Wildman–Crippen MR) is 30.2 cm³/mol. The molecule has 0 amide bonds. The van der Waals surface area contributed by atoms with Crippen molar-refractivity contribution in [3.05, 3.63) is 35.4 Å². The molecule has 0 aliphatic heterocycles. The summed E-state index contributed by atoms with van der Waals surface area (Å²) in [6.07, 6.45) is -4.80. The van der Waals surface area contributed by atoms with Crippen LogP contribution in [0.3, 0.4) is 0 Å². The molecule has 0 saturated carbocycles. The molecule has 66 valence electrons. The molecule has 0 N–H and O–H groups in total. The third-order valence-corrected chi connectivity index (χ3v) is 1.17. The Kier molecular flexibility index (Phi) is 5.02. The van der Waals surface area contributed by atoms with Crippen LogP contribution in [0.25, 0.3) is 0 Å². The molecule has 0 spiro atoms. The normalized spacial score (nSPS) is 10.8. The van der Waals surface area contributed by atoms with E-state index >= 15 is 0 Å². The fourth-order valence-corrected chi connectivity index (χ4v) is 0.658. The number of benzene rings is 1. The van der Waals surface area contributed by atoms with E-state index in [2.05, 4.69) is 0 Å². The van der Waals surface area contributed by atoms with Crippen LogP contribution < -0.4 is 51.4 Å². The standard InChI is InChI=1S/C7H2F5.K/c8-4-1-2-5(6(9)3-4)7(10,11)12;/h2-3H;/q-1;+1. The van der Waals surface area contributed by atoms with E-state index in [-0.39, 0.29) is 63.5 Å². The second-order valence-corrected chi connectivity index (χ2v) is 2.04. The van der Waals surface area contributed by atoms with E-state index in [0.717, 1.165) is 0 Å². The first-order valence-corrected chi connectivity index (χ1v) is 2.85. The second-order valence-electron chi connectivity index (χ2n) is 2.04. The Morgan fingerprint density at radius 2 is 1.69 bits per heavy atom. The average molecular weight is 220 g/mol. The molecular weight excluding hydrogens is 218 g/mol. The molecule has 1 rings (SSSR count). The molecule has 0 radical (unpaired) electrons. The Morgan fingerprint density at radius 1 is 1.15 bits per heavy atom. The van der Waals surface area contributed by atoms with Crippen molar-refractivity contribution in [3.8, 4) is 0 Å². The first kappa shape index (κ1) is 13.5. The van der Waals surface area contributed by atoms with Crippen LogP contribution in [0, 0.1) is 17.7 Å². The van der Waals surface area contributed by atoms with E-state index in [0.29, 0.717) is 0 Å². The summed E-state index contributed by atoms with van der Waals surface area (Å²) in [6, 6.07) is 2.00. The molecule has 0 aliphatic carbocycles. The smallest absolute Gasteiger partial charge is 0.236 e. The zero-order valence-corrected chi connectivity index (χ0v) is 9.67. The largest absolute Gasteiger partial charge is 1.00 e. The van der Waals surface area contributed by atoms with Gasteiger partial charge in [0.1, 0.15) is 0 Å². The Balaban J connectivity index is 0.00000144. The summed E-state index contributed by atoms with van der Waals surface area (Å²) in [4.78, 5) is 0. The third-order valence-electron chi connectivity index (χ3n) is 1.17. The van der Waals surface area contributed by atoms with E-state index in [1.165, 1.54) is 0 Å². The maximum absolute atomic E-state index is 12.4. The fraction of sp³-hybridized carbons (Fsp3) is 0.143. The Bertz CT molecular complexity index is 293. The van der Waals surface area contributed by atoms with Gasteiger partial charge in [-0.1, -0.05) is 6.07 Å². The van der Waals surface area contributed by atoms with Crippen LogP contribution in [0.2, 0.25) is 0 Å². The van der Waals surface area contributed by atoms with Gasteiger partial charge in [0.25, 0.3) is 0 Å². The fourth-order valence-electron chi connectivity index (χ4n) is 0.658. The van der Waals surface area contributed by atoms with E-state index in [1.54, 1.807) is 6.07 Å². The molecule has 0 unspecified atom stereocenters. The van der Waals surface area contributed by atoms with Crippen molar-refractivity contribution < 1.29 is 73.3 Å². The zero-order valence-electron chi connectivity index (χ0n) is 6.54. The van der Waals surface area contributed by atoms with Gasteiger partial charge in [-0.2, -0.15) is 19.2 Å². The maximum atomic E-state index is 12.4. The predicted octanol–water partition coefficient (Wildman–Crippen LogP) is -0.212. The van der Waals surface area contributed by atoms with Gasteiger partial charge in [-0.25, -0.2) is 8.78 Å². The summed E-state index contributed by atoms with van der Waals surface area (Å²) < 4.78 is 59.8. The minimum absolute atomic E-state index is 0. The van der Waals surface area contributed by atoms with Crippen LogP contribution in [-0.4, -0.2) is 0 Å². The summed E-state index contributed by atoms with van der Waals surface area (Å²) in [5.41, 5.74) is -1.51. The van der Waals surface area contributed by atoms with Gasteiger partial charge >= 0.3 is 57.6 Å². The number of alkyl halides is 3. The first-order chi connectivity index (χ1) is 5.41. The van der Waals surface area contributed by atoms with Gasteiger partial charge in [0.2, 0.25) is 0 Å². The molecular formula is C7H2F5K. The summed E-state index contributed by atoms with van der Waals surface area (Å²) in [5.74, 6) is -2.78. The van der Waals surface area contributed by atoms with Gasteiger partial charge in [0, 0.05) is 11.6 Å². The summed E-state index contributed by atoms with van der Waals surface area (Å²) in [6.45, 7) is 0.